The van der Waals surface area contributed by atoms with Gasteiger partial charge in [0.25, 0.3) is 5.56 Å². The van der Waals surface area contributed by atoms with Crippen LogP contribution in [-0.4, -0.2) is 21.6 Å². The van der Waals surface area contributed by atoms with Crippen molar-refractivity contribution in [2.45, 2.75) is 19.0 Å². The Hall–Kier alpha value is -3.06. The van der Waals surface area contributed by atoms with Gasteiger partial charge < -0.3 is 15.6 Å². The first-order valence-corrected chi connectivity index (χ1v) is 9.41. The summed E-state index contributed by atoms with van der Waals surface area (Å²) < 4.78 is 0. The van der Waals surface area contributed by atoms with Gasteiger partial charge in [0.15, 0.2) is 5.16 Å². The monoisotopic (exact) mass is 380 g/mol. The Morgan fingerprint density at radius 2 is 1.74 bits per heavy atom. The quantitative estimate of drug-likeness (QED) is 0.446. The molecule has 3 N–H and O–H groups in total. The smallest absolute Gasteiger partial charge is 0.251 e. The minimum absolute atomic E-state index is 0.155. The summed E-state index contributed by atoms with van der Waals surface area (Å²) in [5.74, 6) is -0.0149. The lowest BCUT2D eigenvalue weighted by Crippen LogP contribution is -2.15. The largest absolute Gasteiger partial charge is 0.355 e. The maximum absolute atomic E-state index is 12.2. The van der Waals surface area contributed by atoms with Crippen LogP contribution in [-0.2, 0) is 4.79 Å². The van der Waals surface area contributed by atoms with Crippen LogP contribution in [0.4, 0.5) is 17.1 Å². The molecule has 0 aliphatic heterocycles. The fourth-order valence-electron chi connectivity index (χ4n) is 2.52. The van der Waals surface area contributed by atoms with Gasteiger partial charge in [-0.15, -0.1) is 0 Å². The molecule has 0 fully saturated rings. The van der Waals surface area contributed by atoms with Gasteiger partial charge in [0.05, 0.1) is 5.75 Å². The first-order chi connectivity index (χ1) is 13.0. The van der Waals surface area contributed by atoms with Crippen molar-refractivity contribution in [3.05, 3.63) is 76.2 Å². The molecule has 0 bridgehead atoms. The molecule has 3 aromatic rings. The zero-order chi connectivity index (χ0) is 19.2. The van der Waals surface area contributed by atoms with Crippen LogP contribution in [0.15, 0.2) is 64.5 Å². The number of amides is 1. The normalized spacial score (nSPS) is 10.4. The molecule has 1 aromatic heterocycles. The number of carbonyl (C=O) groups is 1. The van der Waals surface area contributed by atoms with Crippen LogP contribution in [0.3, 0.4) is 0 Å². The van der Waals surface area contributed by atoms with E-state index >= 15 is 0 Å². The van der Waals surface area contributed by atoms with Crippen LogP contribution in [0.5, 0.6) is 0 Å². The molecular weight excluding hydrogens is 360 g/mol. The van der Waals surface area contributed by atoms with Crippen LogP contribution in [0.1, 0.15) is 11.3 Å². The number of anilines is 3. The second kappa shape index (κ2) is 8.55. The first-order valence-electron chi connectivity index (χ1n) is 8.42. The number of thioether (sulfide) groups is 1. The first kappa shape index (κ1) is 18.7. The minimum Gasteiger partial charge on any atom is -0.355 e. The third-order valence-electron chi connectivity index (χ3n) is 3.64. The van der Waals surface area contributed by atoms with Crippen LogP contribution in [0.2, 0.25) is 0 Å². The van der Waals surface area contributed by atoms with E-state index in [2.05, 4.69) is 26.7 Å². The predicted molar refractivity (Wildman–Crippen MR) is 110 cm³/mol. The van der Waals surface area contributed by atoms with Crippen molar-refractivity contribution in [1.29, 1.82) is 0 Å². The Labute approximate surface area is 161 Å². The number of aryl methyl sites for hydroxylation is 2. The number of nitrogens with one attached hydrogen (secondary N) is 3. The summed E-state index contributed by atoms with van der Waals surface area (Å²) in [7, 11) is 0. The Balaban J connectivity index is 1.60. The van der Waals surface area contributed by atoms with Crippen molar-refractivity contribution in [1.82, 2.24) is 9.97 Å². The van der Waals surface area contributed by atoms with Crippen molar-refractivity contribution in [2.75, 3.05) is 16.4 Å². The van der Waals surface area contributed by atoms with Crippen molar-refractivity contribution in [3.8, 4) is 0 Å². The molecule has 27 heavy (non-hydrogen) atoms. The van der Waals surface area contributed by atoms with Gasteiger partial charge in [-0.1, -0.05) is 30.0 Å². The number of H-pyrrole nitrogens is 1. The Morgan fingerprint density at radius 1 is 1.04 bits per heavy atom. The number of aromatic amines is 1. The van der Waals surface area contributed by atoms with Gasteiger partial charge in [-0.3, -0.25) is 9.59 Å². The molecule has 2 aromatic carbocycles. The maximum Gasteiger partial charge on any atom is 0.251 e. The standard InChI is InChI=1S/C20H20N4O2S/c1-13-5-3-6-15(9-13)22-16-7-4-8-17(11-16)23-19(26)12-27-20-21-14(2)10-18(25)24-20/h3-11,22H,12H2,1-2H3,(H,23,26)(H,21,24,25). The van der Waals surface area contributed by atoms with Crippen molar-refractivity contribution in [2.24, 2.45) is 0 Å². The Kier molecular flexibility index (Phi) is 5.93. The van der Waals surface area contributed by atoms with E-state index < -0.39 is 0 Å². The fraction of sp³-hybridized carbons (Fsp3) is 0.150. The van der Waals surface area contributed by atoms with E-state index in [1.54, 1.807) is 6.92 Å². The van der Waals surface area contributed by atoms with Gasteiger partial charge in [-0.2, -0.15) is 0 Å². The molecule has 138 valence electrons. The molecule has 0 aliphatic rings. The highest BCUT2D eigenvalue weighted by atomic mass is 32.2. The lowest BCUT2D eigenvalue weighted by atomic mass is 10.2. The molecule has 0 radical (unpaired) electrons. The highest BCUT2D eigenvalue weighted by Gasteiger charge is 2.07. The van der Waals surface area contributed by atoms with Gasteiger partial charge >= 0.3 is 0 Å². The summed E-state index contributed by atoms with van der Waals surface area (Å²) >= 11 is 1.19. The Morgan fingerprint density at radius 3 is 2.48 bits per heavy atom. The molecule has 6 nitrogen and oxygen atoms in total. The van der Waals surface area contributed by atoms with Crippen LogP contribution in [0, 0.1) is 13.8 Å². The molecule has 7 heteroatoms. The maximum atomic E-state index is 12.2. The van der Waals surface area contributed by atoms with E-state index in [0.717, 1.165) is 11.4 Å². The number of nitrogens with zero attached hydrogens (tertiary/aromatic N) is 1. The summed E-state index contributed by atoms with van der Waals surface area (Å²) in [6.07, 6.45) is 0. The molecule has 0 saturated carbocycles. The average molecular weight is 380 g/mol. The predicted octanol–water partition coefficient (Wildman–Crippen LogP) is 3.86. The lowest BCUT2D eigenvalue weighted by molar-refractivity contribution is -0.113. The summed E-state index contributed by atoms with van der Waals surface area (Å²) in [5.41, 5.74) is 4.14. The SMILES string of the molecule is Cc1cccc(Nc2cccc(NC(=O)CSc3nc(C)cc(=O)[nH]3)c2)c1. The van der Waals surface area contributed by atoms with Gasteiger partial charge in [0.1, 0.15) is 0 Å². The molecule has 0 aliphatic carbocycles. The number of hydrogen-bond donors (Lipinski definition) is 3. The molecule has 1 amide bonds. The lowest BCUT2D eigenvalue weighted by Gasteiger charge is -2.10. The van der Waals surface area contributed by atoms with Gasteiger partial charge in [-0.25, -0.2) is 4.98 Å². The highest BCUT2D eigenvalue weighted by Crippen LogP contribution is 2.21. The van der Waals surface area contributed by atoms with Crippen molar-refractivity contribution < 1.29 is 4.79 Å². The molecular formula is C20H20N4O2S. The Bertz CT molecular complexity index is 1020. The zero-order valence-corrected chi connectivity index (χ0v) is 15.9. The summed E-state index contributed by atoms with van der Waals surface area (Å²) in [6.45, 7) is 3.78. The van der Waals surface area contributed by atoms with E-state index in [0.29, 0.717) is 16.5 Å². The van der Waals surface area contributed by atoms with E-state index in [4.69, 9.17) is 0 Å². The van der Waals surface area contributed by atoms with Crippen molar-refractivity contribution in [3.63, 3.8) is 0 Å². The molecule has 0 unspecified atom stereocenters. The summed E-state index contributed by atoms with van der Waals surface area (Å²) in [4.78, 5) is 30.4. The van der Waals surface area contributed by atoms with Crippen molar-refractivity contribution >= 4 is 34.7 Å². The molecule has 3 rings (SSSR count). The van der Waals surface area contributed by atoms with Crippen LogP contribution in [0.25, 0.3) is 0 Å². The van der Waals surface area contributed by atoms with E-state index in [1.807, 2.05) is 49.4 Å². The van der Waals surface area contributed by atoms with Gasteiger partial charge in [0.2, 0.25) is 5.91 Å². The third kappa shape index (κ3) is 5.72. The number of carbonyl (C=O) groups excluding carboxylic acids is 1. The summed E-state index contributed by atoms with van der Waals surface area (Å²) in [5, 5.41) is 6.62. The van der Waals surface area contributed by atoms with Crippen LogP contribution >= 0.6 is 11.8 Å². The average Bonchev–Trinajstić information content (AvgIpc) is 2.59. The third-order valence-corrected chi connectivity index (χ3v) is 4.51. The number of rotatable bonds is 6. The van der Waals surface area contributed by atoms with Crippen LogP contribution < -0.4 is 16.2 Å². The van der Waals surface area contributed by atoms with E-state index in [1.165, 1.54) is 23.4 Å². The second-order valence-electron chi connectivity index (χ2n) is 6.10. The number of hydrogen-bond acceptors (Lipinski definition) is 5. The van der Waals surface area contributed by atoms with E-state index in [-0.39, 0.29) is 17.2 Å². The molecule has 0 saturated heterocycles. The number of benzene rings is 2. The number of aromatic nitrogens is 2. The topological polar surface area (TPSA) is 86.9 Å². The fourth-order valence-corrected chi connectivity index (χ4v) is 3.24. The minimum atomic E-state index is -0.222. The molecule has 0 atom stereocenters. The summed E-state index contributed by atoms with van der Waals surface area (Å²) in [6, 6.07) is 17.0. The second-order valence-corrected chi connectivity index (χ2v) is 7.07. The zero-order valence-electron chi connectivity index (χ0n) is 15.1. The molecule has 0 spiro atoms. The highest BCUT2D eigenvalue weighted by molar-refractivity contribution is 7.99. The van der Waals surface area contributed by atoms with Gasteiger partial charge in [-0.05, 0) is 49.7 Å². The van der Waals surface area contributed by atoms with Gasteiger partial charge in [0, 0.05) is 28.8 Å². The molecule has 1 heterocycles. The van der Waals surface area contributed by atoms with E-state index in [9.17, 15) is 9.59 Å².